The van der Waals surface area contributed by atoms with Crippen LogP contribution in [0.2, 0.25) is 0 Å². The molecule has 0 radical (unpaired) electrons. The van der Waals surface area contributed by atoms with E-state index < -0.39 is 0 Å². The Balaban J connectivity index is 0.00000210. The molecule has 1 saturated heterocycles. The third-order valence-electron chi connectivity index (χ3n) is 5.73. The number of amides is 1. The van der Waals surface area contributed by atoms with Gasteiger partial charge in [0.15, 0.2) is 5.69 Å². The summed E-state index contributed by atoms with van der Waals surface area (Å²) in [4.78, 5) is 12.8. The Morgan fingerprint density at radius 2 is 2.15 bits per heavy atom. The van der Waals surface area contributed by atoms with Crippen molar-refractivity contribution in [1.82, 2.24) is 20.4 Å². The third-order valence-corrected chi connectivity index (χ3v) is 5.73. The highest BCUT2D eigenvalue weighted by atomic mass is 35.5. The van der Waals surface area contributed by atoms with E-state index in [4.69, 9.17) is 5.10 Å². The smallest absolute Gasteiger partial charge is 0.272 e. The molecule has 1 aliphatic heterocycles. The van der Waals surface area contributed by atoms with Crippen LogP contribution in [-0.2, 0) is 12.8 Å². The monoisotopic (exact) mass is 388 g/mol. The molecule has 1 unspecified atom stereocenters. The molecule has 146 valence electrons. The zero-order valence-corrected chi connectivity index (χ0v) is 16.8. The second-order valence-corrected chi connectivity index (χ2v) is 7.58. The number of fused-ring (bicyclic) bond motifs is 1. The fraction of sp³-hybridized carbons (Fsp3) is 0.524. The second-order valence-electron chi connectivity index (χ2n) is 7.58. The van der Waals surface area contributed by atoms with Gasteiger partial charge in [-0.15, -0.1) is 12.4 Å². The lowest BCUT2D eigenvalue weighted by atomic mass is 9.96. The summed E-state index contributed by atoms with van der Waals surface area (Å²) in [6.45, 7) is 5.03. The summed E-state index contributed by atoms with van der Waals surface area (Å²) in [6.07, 6.45) is 6.61. The maximum Gasteiger partial charge on any atom is 0.272 e. The van der Waals surface area contributed by atoms with Crippen molar-refractivity contribution in [1.29, 1.82) is 0 Å². The van der Waals surface area contributed by atoms with E-state index in [0.717, 1.165) is 56.6 Å². The molecule has 0 bridgehead atoms. The number of hydrogen-bond donors (Lipinski definition) is 2. The van der Waals surface area contributed by atoms with Crippen LogP contribution in [0, 0.1) is 12.8 Å². The number of carbonyl (C=O) groups excluding carboxylic acids is 1. The molecule has 1 aliphatic carbocycles. The third kappa shape index (κ3) is 4.19. The van der Waals surface area contributed by atoms with Crippen molar-refractivity contribution in [2.75, 3.05) is 19.6 Å². The Morgan fingerprint density at radius 3 is 2.93 bits per heavy atom. The topological polar surface area (TPSA) is 59.0 Å². The fourth-order valence-electron chi connectivity index (χ4n) is 4.26. The highest BCUT2D eigenvalue weighted by Crippen LogP contribution is 2.28. The first-order valence-electron chi connectivity index (χ1n) is 9.89. The lowest BCUT2D eigenvalue weighted by Gasteiger charge is -2.22. The van der Waals surface area contributed by atoms with Gasteiger partial charge in [0.2, 0.25) is 0 Å². The SMILES string of the molecule is Cc1ccccc1-n1nc(C(=O)NCCC2CCCNC2)c2c1CCC2.Cl. The van der Waals surface area contributed by atoms with Gasteiger partial charge in [-0.1, -0.05) is 18.2 Å². The second kappa shape index (κ2) is 8.89. The highest BCUT2D eigenvalue weighted by Gasteiger charge is 2.27. The number of aromatic nitrogens is 2. The largest absolute Gasteiger partial charge is 0.351 e. The van der Waals surface area contributed by atoms with Crippen molar-refractivity contribution < 1.29 is 4.79 Å². The van der Waals surface area contributed by atoms with Crippen molar-refractivity contribution in [3.8, 4) is 5.69 Å². The van der Waals surface area contributed by atoms with E-state index in [9.17, 15) is 4.79 Å². The maximum atomic E-state index is 12.8. The van der Waals surface area contributed by atoms with Gasteiger partial charge in [0.25, 0.3) is 5.91 Å². The minimum absolute atomic E-state index is 0. The van der Waals surface area contributed by atoms with E-state index in [1.165, 1.54) is 24.1 Å². The molecule has 2 aliphatic rings. The van der Waals surface area contributed by atoms with E-state index in [0.29, 0.717) is 11.6 Å². The van der Waals surface area contributed by atoms with Gasteiger partial charge in [-0.25, -0.2) is 4.68 Å². The number of hydrogen-bond acceptors (Lipinski definition) is 3. The summed E-state index contributed by atoms with van der Waals surface area (Å²) >= 11 is 0. The predicted molar refractivity (Wildman–Crippen MR) is 110 cm³/mol. The molecule has 1 aromatic heterocycles. The van der Waals surface area contributed by atoms with Crippen LogP contribution in [-0.4, -0.2) is 35.3 Å². The number of benzene rings is 1. The Kier molecular flexibility index (Phi) is 6.55. The van der Waals surface area contributed by atoms with Gasteiger partial charge < -0.3 is 10.6 Å². The standard InChI is InChI=1S/C21H28N4O.ClH/c1-15-6-2-3-9-18(15)25-19-10-4-8-17(19)20(24-25)21(26)23-13-11-16-7-5-12-22-14-16;/h2-3,6,9,16,22H,4-5,7-8,10-14H2,1H3,(H,23,26);1H. The van der Waals surface area contributed by atoms with Crippen molar-refractivity contribution in [2.45, 2.75) is 45.4 Å². The van der Waals surface area contributed by atoms with Crippen molar-refractivity contribution in [2.24, 2.45) is 5.92 Å². The van der Waals surface area contributed by atoms with Gasteiger partial charge in [-0.05, 0) is 76.1 Å². The fourth-order valence-corrected chi connectivity index (χ4v) is 4.26. The predicted octanol–water partition coefficient (Wildman–Crippen LogP) is 3.21. The molecule has 2 heterocycles. The number of piperidine rings is 1. The van der Waals surface area contributed by atoms with Crippen LogP contribution in [0.3, 0.4) is 0 Å². The van der Waals surface area contributed by atoms with Crippen molar-refractivity contribution in [3.05, 3.63) is 46.8 Å². The number of aryl methyl sites for hydroxylation is 1. The quantitative estimate of drug-likeness (QED) is 0.826. The zero-order chi connectivity index (χ0) is 17.9. The number of halogens is 1. The maximum absolute atomic E-state index is 12.8. The number of carbonyl (C=O) groups is 1. The Labute approximate surface area is 167 Å². The van der Waals surface area contributed by atoms with Crippen LogP contribution in [0.25, 0.3) is 5.69 Å². The van der Waals surface area contributed by atoms with Crippen molar-refractivity contribution in [3.63, 3.8) is 0 Å². The normalized spacial score (nSPS) is 18.6. The molecule has 27 heavy (non-hydrogen) atoms. The molecule has 6 heteroatoms. The minimum atomic E-state index is -0.0146. The van der Waals surface area contributed by atoms with E-state index >= 15 is 0 Å². The summed E-state index contributed by atoms with van der Waals surface area (Å²) < 4.78 is 2.00. The molecule has 2 N–H and O–H groups in total. The average molecular weight is 389 g/mol. The van der Waals surface area contributed by atoms with Gasteiger partial charge in [0.05, 0.1) is 5.69 Å². The highest BCUT2D eigenvalue weighted by molar-refractivity contribution is 5.94. The molecule has 0 spiro atoms. The van der Waals surface area contributed by atoms with E-state index in [1.807, 2.05) is 16.8 Å². The summed E-state index contributed by atoms with van der Waals surface area (Å²) in [5.41, 5.74) is 5.24. The molecule has 0 saturated carbocycles. The van der Waals surface area contributed by atoms with Crippen LogP contribution in [0.1, 0.15) is 53.0 Å². The molecular formula is C21H29ClN4O. The van der Waals surface area contributed by atoms with E-state index in [-0.39, 0.29) is 18.3 Å². The molecule has 1 amide bonds. The first-order valence-corrected chi connectivity index (χ1v) is 9.89. The lowest BCUT2D eigenvalue weighted by molar-refractivity contribution is 0.0944. The van der Waals surface area contributed by atoms with Crippen molar-refractivity contribution >= 4 is 18.3 Å². The number of rotatable bonds is 5. The van der Waals surface area contributed by atoms with E-state index in [1.54, 1.807) is 0 Å². The molecule has 1 aromatic carbocycles. The summed E-state index contributed by atoms with van der Waals surface area (Å²) in [5, 5.41) is 11.3. The molecule has 1 atom stereocenters. The van der Waals surface area contributed by atoms with Crippen LogP contribution in [0.4, 0.5) is 0 Å². The molecule has 2 aromatic rings. The summed E-state index contributed by atoms with van der Waals surface area (Å²) in [6, 6.07) is 8.24. The average Bonchev–Trinajstić information content (AvgIpc) is 3.26. The molecule has 4 rings (SSSR count). The van der Waals surface area contributed by atoms with Crippen LogP contribution in [0.5, 0.6) is 0 Å². The van der Waals surface area contributed by atoms with Gasteiger partial charge in [0, 0.05) is 17.8 Å². The summed E-state index contributed by atoms with van der Waals surface area (Å²) in [7, 11) is 0. The van der Waals surface area contributed by atoms with Gasteiger partial charge in [0.1, 0.15) is 0 Å². The Bertz CT molecular complexity index is 795. The van der Waals surface area contributed by atoms with Crippen LogP contribution >= 0.6 is 12.4 Å². The first-order chi connectivity index (χ1) is 12.7. The molecule has 1 fully saturated rings. The first kappa shape index (κ1) is 19.9. The molecular weight excluding hydrogens is 360 g/mol. The van der Waals surface area contributed by atoms with Gasteiger partial charge >= 0.3 is 0 Å². The van der Waals surface area contributed by atoms with Crippen LogP contribution < -0.4 is 10.6 Å². The zero-order valence-electron chi connectivity index (χ0n) is 16.0. The van der Waals surface area contributed by atoms with Gasteiger partial charge in [-0.3, -0.25) is 4.79 Å². The Morgan fingerprint density at radius 1 is 1.30 bits per heavy atom. The van der Waals surface area contributed by atoms with Crippen LogP contribution in [0.15, 0.2) is 24.3 Å². The summed E-state index contributed by atoms with van der Waals surface area (Å²) in [5.74, 6) is 0.665. The van der Waals surface area contributed by atoms with Gasteiger partial charge in [-0.2, -0.15) is 5.10 Å². The minimum Gasteiger partial charge on any atom is -0.351 e. The Hall–Kier alpha value is -1.85. The number of para-hydroxylation sites is 1. The number of nitrogens with zero attached hydrogens (tertiary/aromatic N) is 2. The number of nitrogens with one attached hydrogen (secondary N) is 2. The lowest BCUT2D eigenvalue weighted by Crippen LogP contribution is -2.33. The molecule has 5 nitrogen and oxygen atoms in total. The van der Waals surface area contributed by atoms with E-state index in [2.05, 4.69) is 29.7 Å².